The number of hydrogen-bond donors (Lipinski definition) is 0. The summed E-state index contributed by atoms with van der Waals surface area (Å²) in [5.41, 5.74) is 0. The Kier molecular flexibility index (Phi) is 5.35. The van der Waals surface area contributed by atoms with E-state index in [1.807, 2.05) is 23.3 Å². The van der Waals surface area contributed by atoms with Crippen molar-refractivity contribution in [2.24, 2.45) is 0 Å². The molecule has 0 bridgehead atoms. The normalized spacial score (nSPS) is 26.8. The maximum absolute atomic E-state index is 13.0. The molecule has 1 aromatic rings. The van der Waals surface area contributed by atoms with Gasteiger partial charge in [0.2, 0.25) is 0 Å². The molecule has 126 valence electrons. The molecule has 0 spiro atoms. The molecule has 6 heteroatoms. The molecule has 1 saturated heterocycles. The zero-order valence-corrected chi connectivity index (χ0v) is 14.2. The lowest BCUT2D eigenvalue weighted by Gasteiger charge is -2.38. The van der Waals surface area contributed by atoms with Crippen LogP contribution in [0.1, 0.15) is 29.4 Å². The van der Waals surface area contributed by atoms with Crippen molar-refractivity contribution in [2.75, 3.05) is 26.4 Å². The van der Waals surface area contributed by atoms with Gasteiger partial charge in [0.1, 0.15) is 16.7 Å². The SMILES string of the molecule is C=CCO[C@H]1CC[C@H]2[C@H]1OCCN2C(=O)c1sccc1OCC. The van der Waals surface area contributed by atoms with Gasteiger partial charge >= 0.3 is 0 Å². The van der Waals surface area contributed by atoms with E-state index in [9.17, 15) is 4.79 Å². The number of hydrogen-bond acceptors (Lipinski definition) is 5. The van der Waals surface area contributed by atoms with E-state index in [1.165, 1.54) is 11.3 Å². The quantitative estimate of drug-likeness (QED) is 0.749. The molecule has 0 N–H and O–H groups in total. The molecule has 0 unspecified atom stereocenters. The Hall–Kier alpha value is -1.37. The number of ether oxygens (including phenoxy) is 3. The van der Waals surface area contributed by atoms with E-state index in [-0.39, 0.29) is 24.2 Å². The smallest absolute Gasteiger partial charge is 0.268 e. The highest BCUT2D eigenvalue weighted by molar-refractivity contribution is 7.12. The van der Waals surface area contributed by atoms with Gasteiger partial charge in [0, 0.05) is 6.54 Å². The van der Waals surface area contributed by atoms with Gasteiger partial charge in [-0.15, -0.1) is 17.9 Å². The molecule has 1 saturated carbocycles. The second kappa shape index (κ2) is 7.47. The minimum absolute atomic E-state index is 0.0387. The van der Waals surface area contributed by atoms with E-state index < -0.39 is 0 Å². The molecule has 1 amide bonds. The summed E-state index contributed by atoms with van der Waals surface area (Å²) in [6.45, 7) is 7.86. The first-order valence-corrected chi connectivity index (χ1v) is 8.99. The Bertz CT molecular complexity index is 559. The number of thiophene rings is 1. The van der Waals surface area contributed by atoms with E-state index in [2.05, 4.69) is 6.58 Å². The Morgan fingerprint density at radius 2 is 2.43 bits per heavy atom. The van der Waals surface area contributed by atoms with E-state index >= 15 is 0 Å². The first-order chi connectivity index (χ1) is 11.3. The third kappa shape index (κ3) is 3.29. The standard InChI is InChI=1S/C17H23NO4S/c1-3-9-21-13-6-5-12-15(13)22-10-8-18(12)17(19)16-14(20-4-2)7-11-23-16/h3,7,11-13,15H,1,4-6,8-10H2,2H3/t12-,13-,15+/m0/s1. The molecule has 23 heavy (non-hydrogen) atoms. The zero-order valence-electron chi connectivity index (χ0n) is 13.4. The number of nitrogens with zero attached hydrogens (tertiary/aromatic N) is 1. The molecule has 2 heterocycles. The van der Waals surface area contributed by atoms with Gasteiger partial charge in [0.25, 0.3) is 5.91 Å². The molecule has 0 radical (unpaired) electrons. The maximum atomic E-state index is 13.0. The predicted molar refractivity (Wildman–Crippen MR) is 89.2 cm³/mol. The highest BCUT2D eigenvalue weighted by atomic mass is 32.1. The molecule has 1 aliphatic heterocycles. The van der Waals surface area contributed by atoms with Crippen LogP contribution >= 0.6 is 11.3 Å². The molecule has 2 fully saturated rings. The molecule has 0 aromatic carbocycles. The van der Waals surface area contributed by atoms with Crippen molar-refractivity contribution in [1.29, 1.82) is 0 Å². The van der Waals surface area contributed by atoms with Crippen LogP contribution in [0.4, 0.5) is 0 Å². The summed E-state index contributed by atoms with van der Waals surface area (Å²) < 4.78 is 17.3. The van der Waals surface area contributed by atoms with Crippen LogP contribution in [0, 0.1) is 0 Å². The Labute approximate surface area is 140 Å². The maximum Gasteiger partial charge on any atom is 0.268 e. The van der Waals surface area contributed by atoms with Gasteiger partial charge in [0.05, 0.1) is 32.0 Å². The van der Waals surface area contributed by atoms with Crippen LogP contribution in [-0.2, 0) is 9.47 Å². The van der Waals surface area contributed by atoms with Gasteiger partial charge in [-0.3, -0.25) is 4.79 Å². The van der Waals surface area contributed by atoms with Crippen LogP contribution < -0.4 is 4.74 Å². The van der Waals surface area contributed by atoms with Crippen LogP contribution in [0.3, 0.4) is 0 Å². The van der Waals surface area contributed by atoms with Crippen molar-refractivity contribution in [2.45, 2.75) is 38.0 Å². The third-order valence-electron chi connectivity index (χ3n) is 4.35. The molecule has 5 nitrogen and oxygen atoms in total. The number of morpholine rings is 1. The van der Waals surface area contributed by atoms with Crippen LogP contribution in [0.5, 0.6) is 5.75 Å². The molecule has 1 aliphatic carbocycles. The lowest BCUT2D eigenvalue weighted by atomic mass is 10.1. The molecule has 3 atom stereocenters. The van der Waals surface area contributed by atoms with E-state index in [1.54, 1.807) is 6.08 Å². The van der Waals surface area contributed by atoms with Gasteiger partial charge in [-0.05, 0) is 31.2 Å². The predicted octanol–water partition coefficient (Wildman–Crippen LogP) is 2.72. The fourth-order valence-electron chi connectivity index (χ4n) is 3.39. The summed E-state index contributed by atoms with van der Waals surface area (Å²) in [6, 6.07) is 1.95. The summed E-state index contributed by atoms with van der Waals surface area (Å²) in [4.78, 5) is 15.6. The van der Waals surface area contributed by atoms with Crippen LogP contribution in [0.2, 0.25) is 0 Å². The van der Waals surface area contributed by atoms with Gasteiger partial charge < -0.3 is 19.1 Å². The summed E-state index contributed by atoms with van der Waals surface area (Å²) in [5, 5.41) is 1.90. The Morgan fingerprint density at radius 3 is 3.22 bits per heavy atom. The second-order valence-electron chi connectivity index (χ2n) is 5.69. The average molecular weight is 337 g/mol. The first-order valence-electron chi connectivity index (χ1n) is 8.11. The van der Waals surface area contributed by atoms with Gasteiger partial charge in [-0.25, -0.2) is 0 Å². The van der Waals surface area contributed by atoms with Crippen molar-refractivity contribution < 1.29 is 19.0 Å². The molecule has 2 aliphatic rings. The van der Waals surface area contributed by atoms with Crippen LogP contribution in [-0.4, -0.2) is 55.4 Å². The molecular weight excluding hydrogens is 314 g/mol. The average Bonchev–Trinajstić information content (AvgIpc) is 3.19. The summed E-state index contributed by atoms with van der Waals surface area (Å²) >= 11 is 1.44. The lowest BCUT2D eigenvalue weighted by molar-refractivity contribution is -0.100. The van der Waals surface area contributed by atoms with Gasteiger partial charge in [0.15, 0.2) is 0 Å². The number of carbonyl (C=O) groups excluding carboxylic acids is 1. The van der Waals surface area contributed by atoms with Crippen LogP contribution in [0.15, 0.2) is 24.1 Å². The van der Waals surface area contributed by atoms with Gasteiger partial charge in [-0.1, -0.05) is 6.08 Å². The second-order valence-corrected chi connectivity index (χ2v) is 6.60. The topological polar surface area (TPSA) is 48.0 Å². The molecule has 3 rings (SSSR count). The third-order valence-corrected chi connectivity index (χ3v) is 5.23. The monoisotopic (exact) mass is 337 g/mol. The number of fused-ring (bicyclic) bond motifs is 1. The summed E-state index contributed by atoms with van der Waals surface area (Å²) in [6.07, 6.45) is 3.58. The number of carbonyl (C=O) groups is 1. The summed E-state index contributed by atoms with van der Waals surface area (Å²) in [7, 11) is 0. The van der Waals surface area contributed by atoms with Crippen LogP contribution in [0.25, 0.3) is 0 Å². The van der Waals surface area contributed by atoms with E-state index in [4.69, 9.17) is 14.2 Å². The van der Waals surface area contributed by atoms with Crippen molar-refractivity contribution in [3.63, 3.8) is 0 Å². The van der Waals surface area contributed by atoms with Crippen molar-refractivity contribution in [3.8, 4) is 5.75 Å². The molecule has 1 aromatic heterocycles. The molecular formula is C17H23NO4S. The fraction of sp³-hybridized carbons (Fsp3) is 0.588. The Balaban J connectivity index is 1.73. The fourth-order valence-corrected chi connectivity index (χ4v) is 4.18. The van der Waals surface area contributed by atoms with Crippen molar-refractivity contribution >= 4 is 17.2 Å². The minimum Gasteiger partial charge on any atom is -0.492 e. The van der Waals surface area contributed by atoms with E-state index in [0.29, 0.717) is 37.0 Å². The zero-order chi connectivity index (χ0) is 16.2. The highest BCUT2D eigenvalue weighted by Gasteiger charge is 2.45. The lowest BCUT2D eigenvalue weighted by Crippen LogP contribution is -2.53. The first kappa shape index (κ1) is 16.5. The van der Waals surface area contributed by atoms with Gasteiger partial charge in [-0.2, -0.15) is 0 Å². The van der Waals surface area contributed by atoms with E-state index in [0.717, 1.165) is 12.8 Å². The Morgan fingerprint density at radius 1 is 1.57 bits per heavy atom. The summed E-state index contributed by atoms with van der Waals surface area (Å²) in [5.74, 6) is 0.731. The highest BCUT2D eigenvalue weighted by Crippen LogP contribution is 2.35. The number of rotatable bonds is 6. The number of amides is 1. The van der Waals surface area contributed by atoms with Crippen molar-refractivity contribution in [1.82, 2.24) is 4.90 Å². The largest absolute Gasteiger partial charge is 0.492 e. The van der Waals surface area contributed by atoms with Crippen molar-refractivity contribution in [3.05, 3.63) is 29.0 Å². The minimum atomic E-state index is -0.0387.